The minimum atomic E-state index is -0.939. The Balaban J connectivity index is 1.68. The van der Waals surface area contributed by atoms with Gasteiger partial charge in [0.2, 0.25) is 0 Å². The number of nitrogens with one attached hydrogen (secondary N) is 1. The smallest absolute Gasteiger partial charge is 0.352 e. The van der Waals surface area contributed by atoms with E-state index in [1.807, 2.05) is 72.2 Å². The van der Waals surface area contributed by atoms with Crippen molar-refractivity contribution in [1.29, 1.82) is 0 Å². The van der Waals surface area contributed by atoms with E-state index in [0.29, 0.717) is 25.3 Å². The standard InChI is InChI=1S/C24H24N2O4/c1-16-7-10-19(30-16)13-25-14-21-20-5-3-4-6-22(20)26(23(21)24(27)28)15-17-8-11-18(29-2)12-9-17/h3-12,25H,13-15H2,1-2H3,(H,27,28). The number of aryl methyl sites for hydroxylation is 1. The van der Waals surface area contributed by atoms with Crippen molar-refractivity contribution in [3.05, 3.63) is 89.0 Å². The lowest BCUT2D eigenvalue weighted by Crippen LogP contribution is -2.17. The molecular weight excluding hydrogens is 380 g/mol. The van der Waals surface area contributed by atoms with E-state index in [9.17, 15) is 9.90 Å². The van der Waals surface area contributed by atoms with Crippen LogP contribution in [0.1, 0.15) is 33.1 Å². The van der Waals surface area contributed by atoms with E-state index in [1.54, 1.807) is 7.11 Å². The van der Waals surface area contributed by atoms with Gasteiger partial charge >= 0.3 is 5.97 Å². The van der Waals surface area contributed by atoms with Crippen LogP contribution in [0.2, 0.25) is 0 Å². The zero-order valence-electron chi connectivity index (χ0n) is 17.0. The third kappa shape index (κ3) is 3.95. The highest BCUT2D eigenvalue weighted by atomic mass is 16.5. The molecule has 6 heteroatoms. The van der Waals surface area contributed by atoms with E-state index >= 15 is 0 Å². The number of hydrogen-bond acceptors (Lipinski definition) is 4. The second-order valence-corrected chi connectivity index (χ2v) is 7.20. The molecule has 0 spiro atoms. The zero-order valence-corrected chi connectivity index (χ0v) is 17.0. The summed E-state index contributed by atoms with van der Waals surface area (Å²) in [6, 6.07) is 19.3. The van der Waals surface area contributed by atoms with E-state index in [2.05, 4.69) is 5.32 Å². The lowest BCUT2D eigenvalue weighted by Gasteiger charge is -2.10. The van der Waals surface area contributed by atoms with Gasteiger partial charge in [-0.15, -0.1) is 0 Å². The number of rotatable bonds is 8. The summed E-state index contributed by atoms with van der Waals surface area (Å²) in [7, 11) is 1.63. The molecule has 0 fully saturated rings. The molecule has 154 valence electrons. The molecule has 0 saturated carbocycles. The Hall–Kier alpha value is -3.51. The van der Waals surface area contributed by atoms with Gasteiger partial charge in [0.05, 0.1) is 13.7 Å². The summed E-state index contributed by atoms with van der Waals surface area (Å²) in [5.41, 5.74) is 2.98. The number of carbonyl (C=O) groups is 1. The number of fused-ring (bicyclic) bond motifs is 1. The van der Waals surface area contributed by atoms with Crippen LogP contribution in [0.5, 0.6) is 5.75 Å². The Morgan fingerprint density at radius 2 is 1.83 bits per heavy atom. The largest absolute Gasteiger partial charge is 0.497 e. The molecule has 0 radical (unpaired) electrons. The number of nitrogens with zero attached hydrogens (tertiary/aromatic N) is 1. The highest BCUT2D eigenvalue weighted by molar-refractivity contribution is 5.98. The summed E-state index contributed by atoms with van der Waals surface area (Å²) in [6.07, 6.45) is 0. The summed E-state index contributed by atoms with van der Waals surface area (Å²) in [6.45, 7) is 3.32. The molecule has 0 bridgehead atoms. The first-order chi connectivity index (χ1) is 14.6. The van der Waals surface area contributed by atoms with Crippen LogP contribution in [-0.4, -0.2) is 22.8 Å². The molecule has 2 N–H and O–H groups in total. The molecule has 0 saturated heterocycles. The predicted molar refractivity (Wildman–Crippen MR) is 115 cm³/mol. The topological polar surface area (TPSA) is 76.6 Å². The number of methoxy groups -OCH3 is 1. The molecule has 2 aromatic carbocycles. The van der Waals surface area contributed by atoms with Crippen molar-refractivity contribution in [3.8, 4) is 5.75 Å². The van der Waals surface area contributed by atoms with E-state index in [-0.39, 0.29) is 0 Å². The van der Waals surface area contributed by atoms with Crippen molar-refractivity contribution in [2.75, 3.05) is 7.11 Å². The van der Waals surface area contributed by atoms with Crippen molar-refractivity contribution < 1.29 is 19.1 Å². The van der Waals surface area contributed by atoms with Gasteiger partial charge in [-0.25, -0.2) is 4.79 Å². The fourth-order valence-corrected chi connectivity index (χ4v) is 3.77. The molecule has 4 aromatic rings. The number of carboxylic acid groups (broad SMARTS) is 1. The van der Waals surface area contributed by atoms with Crippen LogP contribution in [0.15, 0.2) is 65.1 Å². The van der Waals surface area contributed by atoms with Crippen molar-refractivity contribution in [2.45, 2.75) is 26.6 Å². The molecule has 2 aromatic heterocycles. The fraction of sp³-hybridized carbons (Fsp3) is 0.208. The van der Waals surface area contributed by atoms with Gasteiger partial charge < -0.3 is 24.1 Å². The van der Waals surface area contributed by atoms with Crippen LogP contribution in [0.3, 0.4) is 0 Å². The Morgan fingerprint density at radius 3 is 2.50 bits per heavy atom. The number of aromatic carboxylic acids is 1. The molecular formula is C24H24N2O4. The van der Waals surface area contributed by atoms with Gasteiger partial charge in [0.25, 0.3) is 0 Å². The highest BCUT2D eigenvalue weighted by Crippen LogP contribution is 2.28. The van der Waals surface area contributed by atoms with Crippen molar-refractivity contribution in [1.82, 2.24) is 9.88 Å². The molecule has 6 nitrogen and oxygen atoms in total. The fourth-order valence-electron chi connectivity index (χ4n) is 3.77. The number of carboxylic acids is 1. The minimum Gasteiger partial charge on any atom is -0.497 e. The van der Waals surface area contributed by atoms with Gasteiger partial charge in [0.1, 0.15) is 23.0 Å². The summed E-state index contributed by atoms with van der Waals surface area (Å²) in [5, 5.41) is 14.3. The molecule has 0 unspecified atom stereocenters. The monoisotopic (exact) mass is 404 g/mol. The maximum atomic E-state index is 12.3. The maximum absolute atomic E-state index is 12.3. The summed E-state index contributed by atoms with van der Waals surface area (Å²) in [4.78, 5) is 12.3. The molecule has 30 heavy (non-hydrogen) atoms. The number of aromatic nitrogens is 1. The summed E-state index contributed by atoms with van der Waals surface area (Å²) >= 11 is 0. The second-order valence-electron chi connectivity index (χ2n) is 7.20. The van der Waals surface area contributed by atoms with E-state index in [4.69, 9.17) is 9.15 Å². The van der Waals surface area contributed by atoms with Crippen LogP contribution in [0.25, 0.3) is 10.9 Å². The van der Waals surface area contributed by atoms with Crippen LogP contribution >= 0.6 is 0 Å². The SMILES string of the molecule is COc1ccc(Cn2c(C(=O)O)c(CNCc3ccc(C)o3)c3ccccc32)cc1. The maximum Gasteiger partial charge on any atom is 0.352 e. The molecule has 0 aliphatic carbocycles. The van der Waals surface area contributed by atoms with E-state index in [1.165, 1.54) is 0 Å². The number of para-hydroxylation sites is 1. The quantitative estimate of drug-likeness (QED) is 0.449. The van der Waals surface area contributed by atoms with Gasteiger partial charge in [0, 0.05) is 29.6 Å². The third-order valence-electron chi connectivity index (χ3n) is 5.18. The predicted octanol–water partition coefficient (Wildman–Crippen LogP) is 4.59. The number of benzene rings is 2. The highest BCUT2D eigenvalue weighted by Gasteiger charge is 2.22. The zero-order chi connectivity index (χ0) is 21.1. The second kappa shape index (κ2) is 8.47. The first-order valence-electron chi connectivity index (χ1n) is 9.79. The number of hydrogen-bond donors (Lipinski definition) is 2. The van der Waals surface area contributed by atoms with Gasteiger partial charge in [-0.1, -0.05) is 30.3 Å². The first kappa shape index (κ1) is 19.8. The van der Waals surface area contributed by atoms with E-state index < -0.39 is 5.97 Å². The van der Waals surface area contributed by atoms with Gasteiger partial charge in [0.15, 0.2) is 0 Å². The van der Waals surface area contributed by atoms with Crippen molar-refractivity contribution >= 4 is 16.9 Å². The Morgan fingerprint density at radius 1 is 1.07 bits per heavy atom. The Labute approximate surface area is 174 Å². The molecule has 0 amide bonds. The lowest BCUT2D eigenvalue weighted by atomic mass is 10.1. The summed E-state index contributed by atoms with van der Waals surface area (Å²) in [5.74, 6) is 1.51. The van der Waals surface area contributed by atoms with Crippen LogP contribution in [0, 0.1) is 6.92 Å². The average molecular weight is 404 g/mol. The minimum absolute atomic E-state index is 0.301. The van der Waals surface area contributed by atoms with Crippen molar-refractivity contribution in [2.24, 2.45) is 0 Å². The van der Waals surface area contributed by atoms with E-state index in [0.717, 1.165) is 39.3 Å². The van der Waals surface area contributed by atoms with Crippen LogP contribution in [-0.2, 0) is 19.6 Å². The van der Waals surface area contributed by atoms with Gasteiger partial charge in [-0.3, -0.25) is 0 Å². The summed E-state index contributed by atoms with van der Waals surface area (Å²) < 4.78 is 12.7. The third-order valence-corrected chi connectivity index (χ3v) is 5.18. The van der Waals surface area contributed by atoms with Gasteiger partial charge in [-0.05, 0) is 42.8 Å². The normalized spacial score (nSPS) is 11.1. The Bertz CT molecular complexity index is 1170. The first-order valence-corrected chi connectivity index (χ1v) is 9.79. The number of ether oxygens (including phenoxy) is 1. The molecule has 4 rings (SSSR count). The van der Waals surface area contributed by atoms with Crippen molar-refractivity contribution in [3.63, 3.8) is 0 Å². The number of furan rings is 1. The molecule has 0 atom stereocenters. The van der Waals surface area contributed by atoms with Crippen LogP contribution < -0.4 is 10.1 Å². The lowest BCUT2D eigenvalue weighted by molar-refractivity contribution is 0.0684. The average Bonchev–Trinajstić information content (AvgIpc) is 3.30. The molecule has 2 heterocycles. The van der Waals surface area contributed by atoms with Gasteiger partial charge in [-0.2, -0.15) is 0 Å². The molecule has 0 aliphatic heterocycles. The van der Waals surface area contributed by atoms with Crippen LogP contribution in [0.4, 0.5) is 0 Å². The Kier molecular flexibility index (Phi) is 5.59. The molecule has 0 aliphatic rings.